The minimum atomic E-state index is -0.958. The van der Waals surface area contributed by atoms with Crippen LogP contribution in [-0.2, 0) is 17.6 Å². The zero-order valence-electron chi connectivity index (χ0n) is 22.8. The van der Waals surface area contributed by atoms with Crippen LogP contribution in [0.25, 0.3) is 43.9 Å². The Bertz CT molecular complexity index is 1730. The van der Waals surface area contributed by atoms with E-state index in [1.54, 1.807) is 39.4 Å². The quantitative estimate of drug-likeness (QED) is 0.276. The monoisotopic (exact) mass is 539 g/mol. The number of aryl methyl sites for hydroxylation is 1. The molecule has 204 valence electrons. The molecule has 0 radical (unpaired) electrons. The number of halogens is 1. The number of carboxylic acids is 1. The number of ether oxygens (including phenoxy) is 1. The minimum absolute atomic E-state index is 0.198. The molecule has 7 nitrogen and oxygen atoms in total. The van der Waals surface area contributed by atoms with Crippen molar-refractivity contribution in [1.82, 2.24) is 15.0 Å². The number of pyridine rings is 1. The number of benzene rings is 3. The van der Waals surface area contributed by atoms with Gasteiger partial charge in [-0.15, -0.1) is 0 Å². The second-order valence-corrected chi connectivity index (χ2v) is 10.9. The average molecular weight is 540 g/mol. The van der Waals surface area contributed by atoms with Crippen molar-refractivity contribution in [2.45, 2.75) is 46.1 Å². The van der Waals surface area contributed by atoms with Crippen molar-refractivity contribution >= 4 is 27.6 Å². The van der Waals surface area contributed by atoms with Crippen LogP contribution in [0.1, 0.15) is 37.5 Å². The van der Waals surface area contributed by atoms with E-state index in [0.717, 1.165) is 39.6 Å². The number of aliphatic carboxylic acids is 1. The van der Waals surface area contributed by atoms with Crippen molar-refractivity contribution in [3.63, 3.8) is 0 Å². The fourth-order valence-corrected chi connectivity index (χ4v) is 5.11. The molecule has 2 N–H and O–H groups in total. The number of rotatable bonds is 4. The average Bonchev–Trinajstić information content (AvgIpc) is 2.89. The predicted molar refractivity (Wildman–Crippen MR) is 153 cm³/mol. The van der Waals surface area contributed by atoms with E-state index in [2.05, 4.69) is 15.0 Å². The van der Waals surface area contributed by atoms with Crippen LogP contribution in [0.4, 0.5) is 4.39 Å². The second kappa shape index (κ2) is 10.6. The van der Waals surface area contributed by atoms with Gasteiger partial charge in [0.15, 0.2) is 0 Å². The Morgan fingerprint density at radius 2 is 1.77 bits per heavy atom. The van der Waals surface area contributed by atoms with Gasteiger partial charge in [0.2, 0.25) is 0 Å². The molecular weight excluding hydrogens is 509 g/mol. The third-order valence-electron chi connectivity index (χ3n) is 6.59. The number of aliphatic hydroxyl groups is 1. The molecule has 0 amide bonds. The molecular formula is C32H30FN3O4. The molecule has 40 heavy (non-hydrogen) atoms. The van der Waals surface area contributed by atoms with Gasteiger partial charge >= 0.3 is 5.97 Å². The lowest BCUT2D eigenvalue weighted by Crippen LogP contribution is -2.10. The number of carbonyl (C=O) groups is 1. The van der Waals surface area contributed by atoms with E-state index in [1.807, 2.05) is 31.2 Å². The summed E-state index contributed by atoms with van der Waals surface area (Å²) < 4.78 is 21.0. The Morgan fingerprint density at radius 1 is 1.05 bits per heavy atom. The molecule has 0 unspecified atom stereocenters. The molecule has 6 rings (SSSR count). The summed E-state index contributed by atoms with van der Waals surface area (Å²) in [4.78, 5) is 24.8. The maximum Gasteiger partial charge on any atom is 0.307 e. The fourth-order valence-electron chi connectivity index (χ4n) is 5.11. The Labute approximate surface area is 231 Å². The standard InChI is InChI=1S/C28H20FN3O3.C4H10O/c1-15-8-22-21(17-12-30-14-31-13-17)9-18(29)10-23(22)27(20(15)11-25(33)34)19-2-3-24-26-16(5-7-35-24)4-6-32-28(19)26;1-4(2,3)5/h2-4,6,8-10,12-14H,5,7,11H2,1H3,(H,33,34);5H,1-3H3. The number of hydrogen-bond donors (Lipinski definition) is 2. The van der Waals surface area contributed by atoms with Crippen LogP contribution in [0, 0.1) is 12.7 Å². The normalized spacial score (nSPS) is 12.6. The van der Waals surface area contributed by atoms with Gasteiger partial charge in [-0.25, -0.2) is 14.4 Å². The van der Waals surface area contributed by atoms with E-state index >= 15 is 4.39 Å². The molecule has 0 bridgehead atoms. The van der Waals surface area contributed by atoms with Gasteiger partial charge in [-0.3, -0.25) is 9.78 Å². The van der Waals surface area contributed by atoms with Crippen molar-refractivity contribution < 1.29 is 24.1 Å². The molecule has 2 aromatic heterocycles. The van der Waals surface area contributed by atoms with Gasteiger partial charge in [0.25, 0.3) is 0 Å². The first-order valence-electron chi connectivity index (χ1n) is 13.0. The lowest BCUT2D eigenvalue weighted by molar-refractivity contribution is -0.136. The highest BCUT2D eigenvalue weighted by Crippen LogP contribution is 2.44. The molecule has 1 aliphatic rings. The van der Waals surface area contributed by atoms with Gasteiger partial charge < -0.3 is 14.9 Å². The molecule has 3 heterocycles. The van der Waals surface area contributed by atoms with Crippen LogP contribution in [0.5, 0.6) is 5.75 Å². The number of fused-ring (bicyclic) bond motifs is 1. The van der Waals surface area contributed by atoms with Crippen molar-refractivity contribution in [3.05, 3.63) is 83.8 Å². The molecule has 5 aromatic rings. The Morgan fingerprint density at radius 3 is 2.48 bits per heavy atom. The molecule has 0 spiro atoms. The number of aromatic nitrogens is 3. The zero-order chi connectivity index (χ0) is 28.6. The smallest absolute Gasteiger partial charge is 0.307 e. The van der Waals surface area contributed by atoms with Crippen molar-refractivity contribution in [2.24, 2.45) is 0 Å². The summed E-state index contributed by atoms with van der Waals surface area (Å²) in [6, 6.07) is 10.6. The summed E-state index contributed by atoms with van der Waals surface area (Å²) >= 11 is 0. The Kier molecular flexibility index (Phi) is 7.21. The maximum atomic E-state index is 15.1. The zero-order valence-corrected chi connectivity index (χ0v) is 22.8. The van der Waals surface area contributed by atoms with Crippen LogP contribution in [-0.4, -0.2) is 43.3 Å². The first kappa shape index (κ1) is 27.1. The third-order valence-corrected chi connectivity index (χ3v) is 6.59. The van der Waals surface area contributed by atoms with Crippen molar-refractivity contribution in [3.8, 4) is 28.0 Å². The van der Waals surface area contributed by atoms with Crippen LogP contribution in [0.3, 0.4) is 0 Å². The van der Waals surface area contributed by atoms with Crippen molar-refractivity contribution in [1.29, 1.82) is 0 Å². The lowest BCUT2D eigenvalue weighted by atomic mass is 9.85. The van der Waals surface area contributed by atoms with Crippen LogP contribution >= 0.6 is 0 Å². The number of hydrogen-bond acceptors (Lipinski definition) is 6. The second-order valence-electron chi connectivity index (χ2n) is 10.9. The predicted octanol–water partition coefficient (Wildman–Crippen LogP) is 6.30. The summed E-state index contributed by atoms with van der Waals surface area (Å²) in [6.45, 7) is 7.71. The highest BCUT2D eigenvalue weighted by atomic mass is 19.1. The lowest BCUT2D eigenvalue weighted by Gasteiger charge is -2.22. The van der Waals surface area contributed by atoms with Gasteiger partial charge in [-0.2, -0.15) is 0 Å². The topological polar surface area (TPSA) is 105 Å². The first-order valence-corrected chi connectivity index (χ1v) is 13.0. The molecule has 0 saturated carbocycles. The van der Waals surface area contributed by atoms with Crippen molar-refractivity contribution in [2.75, 3.05) is 6.61 Å². The minimum Gasteiger partial charge on any atom is -0.493 e. The molecule has 0 atom stereocenters. The summed E-state index contributed by atoms with van der Waals surface area (Å²) in [6.07, 6.45) is 7.04. The summed E-state index contributed by atoms with van der Waals surface area (Å²) in [5.41, 5.74) is 5.52. The summed E-state index contributed by atoms with van der Waals surface area (Å²) in [7, 11) is 0. The Balaban J connectivity index is 0.000000595. The largest absolute Gasteiger partial charge is 0.493 e. The molecule has 1 aliphatic heterocycles. The fraction of sp³-hybridized carbons (Fsp3) is 0.250. The van der Waals surface area contributed by atoms with Gasteiger partial charge in [0.05, 0.1) is 24.1 Å². The van der Waals surface area contributed by atoms with Gasteiger partial charge in [-0.1, -0.05) is 6.07 Å². The van der Waals surface area contributed by atoms with E-state index in [4.69, 9.17) is 9.84 Å². The maximum absolute atomic E-state index is 15.1. The highest BCUT2D eigenvalue weighted by molar-refractivity contribution is 6.11. The van der Waals surface area contributed by atoms with E-state index in [0.29, 0.717) is 39.8 Å². The van der Waals surface area contributed by atoms with Gasteiger partial charge in [0.1, 0.15) is 17.9 Å². The van der Waals surface area contributed by atoms with Crippen LogP contribution in [0.2, 0.25) is 0 Å². The summed E-state index contributed by atoms with van der Waals surface area (Å²) in [5.74, 6) is -0.634. The SMILES string of the molecule is CC(C)(C)O.Cc1cc2c(-c3cncnc3)cc(F)cc2c(-c2ccc3c4c(ccnc24)CCO3)c1CC(=O)O. The number of carboxylic acid groups (broad SMARTS) is 1. The molecule has 0 fully saturated rings. The molecule has 8 heteroatoms. The van der Waals surface area contributed by atoms with Crippen LogP contribution < -0.4 is 4.74 Å². The third kappa shape index (κ3) is 5.49. The molecule has 0 aliphatic carbocycles. The van der Waals surface area contributed by atoms with E-state index in [1.165, 1.54) is 18.5 Å². The molecule has 0 saturated heterocycles. The van der Waals surface area contributed by atoms with E-state index in [9.17, 15) is 9.90 Å². The number of nitrogens with zero attached hydrogens (tertiary/aromatic N) is 3. The van der Waals surface area contributed by atoms with Gasteiger partial charge in [-0.05, 0) is 96.6 Å². The van der Waals surface area contributed by atoms with Gasteiger partial charge in [0, 0.05) is 41.5 Å². The summed E-state index contributed by atoms with van der Waals surface area (Å²) in [5, 5.41) is 20.6. The van der Waals surface area contributed by atoms with E-state index in [-0.39, 0.29) is 6.42 Å². The van der Waals surface area contributed by atoms with Crippen LogP contribution in [0.15, 0.2) is 61.3 Å². The van der Waals surface area contributed by atoms with E-state index < -0.39 is 17.4 Å². The Hall–Kier alpha value is -4.43. The first-order chi connectivity index (χ1) is 19.0. The molecule has 3 aromatic carbocycles. The highest BCUT2D eigenvalue weighted by Gasteiger charge is 2.23.